The van der Waals surface area contributed by atoms with E-state index >= 15 is 0 Å². The number of nitrogens with one attached hydrogen (secondary N) is 1. The van der Waals surface area contributed by atoms with Gasteiger partial charge in [0.15, 0.2) is 6.04 Å². The molecule has 0 saturated heterocycles. The van der Waals surface area contributed by atoms with Crippen LogP contribution in [-0.2, 0) is 16.0 Å². The van der Waals surface area contributed by atoms with Crippen LogP contribution in [-0.4, -0.2) is 17.0 Å². The molecule has 0 saturated carbocycles. The Labute approximate surface area is 141 Å². The molecule has 1 aliphatic carbocycles. The highest BCUT2D eigenvalue weighted by Gasteiger charge is 2.26. The number of hydrogen-bond acceptors (Lipinski definition) is 2. The Morgan fingerprint density at radius 2 is 1.79 bits per heavy atom. The van der Waals surface area contributed by atoms with Crippen molar-refractivity contribution >= 4 is 11.9 Å². The Morgan fingerprint density at radius 1 is 1.08 bits per heavy atom. The van der Waals surface area contributed by atoms with E-state index in [1.165, 1.54) is 11.1 Å². The van der Waals surface area contributed by atoms with E-state index in [1.807, 2.05) is 18.2 Å². The fourth-order valence-electron chi connectivity index (χ4n) is 3.44. The Bertz CT molecular complexity index is 727. The van der Waals surface area contributed by atoms with Gasteiger partial charge in [0.05, 0.1) is 0 Å². The summed E-state index contributed by atoms with van der Waals surface area (Å²) >= 11 is 0. The molecule has 1 unspecified atom stereocenters. The second-order valence-corrected chi connectivity index (χ2v) is 6.24. The van der Waals surface area contributed by atoms with Gasteiger partial charge in [0.2, 0.25) is 5.91 Å². The van der Waals surface area contributed by atoms with Crippen LogP contribution in [0.25, 0.3) is 0 Å². The number of benzene rings is 2. The van der Waals surface area contributed by atoms with Gasteiger partial charge in [0.1, 0.15) is 0 Å². The quantitative estimate of drug-likeness (QED) is 0.886. The summed E-state index contributed by atoms with van der Waals surface area (Å²) in [7, 11) is 0. The first-order chi connectivity index (χ1) is 11.6. The average Bonchev–Trinajstić information content (AvgIpc) is 2.60. The lowest BCUT2D eigenvalue weighted by atomic mass is 9.81. The number of carboxylic acids is 1. The van der Waals surface area contributed by atoms with E-state index in [-0.39, 0.29) is 11.8 Å². The third kappa shape index (κ3) is 3.65. The molecule has 0 bridgehead atoms. The fourth-order valence-corrected chi connectivity index (χ4v) is 3.44. The van der Waals surface area contributed by atoms with Crippen molar-refractivity contribution in [1.82, 2.24) is 5.32 Å². The van der Waals surface area contributed by atoms with Crippen molar-refractivity contribution in [3.8, 4) is 0 Å². The van der Waals surface area contributed by atoms with Crippen LogP contribution in [0.4, 0.5) is 0 Å². The summed E-state index contributed by atoms with van der Waals surface area (Å²) in [6, 6.07) is 16.0. The van der Waals surface area contributed by atoms with Gasteiger partial charge in [-0.05, 0) is 41.9 Å². The number of rotatable bonds is 5. The fraction of sp³-hybridized carbons (Fsp3) is 0.300. The van der Waals surface area contributed by atoms with E-state index in [1.54, 1.807) is 24.3 Å². The average molecular weight is 323 g/mol. The van der Waals surface area contributed by atoms with Crippen LogP contribution in [0.1, 0.15) is 47.9 Å². The van der Waals surface area contributed by atoms with Crippen molar-refractivity contribution < 1.29 is 14.7 Å². The molecule has 24 heavy (non-hydrogen) atoms. The molecule has 0 aromatic heterocycles. The van der Waals surface area contributed by atoms with Crippen molar-refractivity contribution in [3.05, 3.63) is 71.3 Å². The molecule has 4 heteroatoms. The van der Waals surface area contributed by atoms with Gasteiger partial charge in [-0.3, -0.25) is 4.79 Å². The SMILES string of the molecule is O=C(CC1CCCc2ccccc21)N[C@@H](C(=O)O)c1ccccc1. The minimum absolute atomic E-state index is 0.167. The molecular weight excluding hydrogens is 302 g/mol. The predicted octanol–water partition coefficient (Wildman–Crippen LogP) is 3.44. The molecule has 2 N–H and O–H groups in total. The summed E-state index contributed by atoms with van der Waals surface area (Å²) in [5, 5.41) is 12.1. The molecule has 0 radical (unpaired) electrons. The van der Waals surface area contributed by atoms with Gasteiger partial charge in [-0.2, -0.15) is 0 Å². The lowest BCUT2D eigenvalue weighted by Gasteiger charge is -2.25. The van der Waals surface area contributed by atoms with E-state index in [2.05, 4.69) is 17.4 Å². The second kappa shape index (κ2) is 7.30. The summed E-state index contributed by atoms with van der Waals surface area (Å²) < 4.78 is 0. The number of carbonyl (C=O) groups is 2. The summed E-state index contributed by atoms with van der Waals surface area (Å²) in [5.41, 5.74) is 3.12. The molecular formula is C20H21NO3. The van der Waals surface area contributed by atoms with Gasteiger partial charge >= 0.3 is 5.97 Å². The van der Waals surface area contributed by atoms with E-state index in [9.17, 15) is 14.7 Å². The smallest absolute Gasteiger partial charge is 0.330 e. The summed E-state index contributed by atoms with van der Waals surface area (Å²) in [6.45, 7) is 0. The van der Waals surface area contributed by atoms with Crippen LogP contribution < -0.4 is 5.32 Å². The Balaban J connectivity index is 1.70. The topological polar surface area (TPSA) is 66.4 Å². The third-order valence-corrected chi connectivity index (χ3v) is 4.61. The predicted molar refractivity (Wildman–Crippen MR) is 91.7 cm³/mol. The van der Waals surface area contributed by atoms with E-state index in [4.69, 9.17) is 0 Å². The molecule has 3 rings (SSSR count). The van der Waals surface area contributed by atoms with Crippen LogP contribution in [0.15, 0.2) is 54.6 Å². The van der Waals surface area contributed by atoms with Crippen LogP contribution in [0, 0.1) is 0 Å². The van der Waals surface area contributed by atoms with E-state index in [0.717, 1.165) is 19.3 Å². The molecule has 1 aliphatic rings. The van der Waals surface area contributed by atoms with Crippen LogP contribution in [0.3, 0.4) is 0 Å². The molecule has 1 amide bonds. The normalized spacial score (nSPS) is 17.6. The van der Waals surface area contributed by atoms with Gasteiger partial charge in [-0.25, -0.2) is 4.79 Å². The summed E-state index contributed by atoms with van der Waals surface area (Å²) in [6.07, 6.45) is 3.41. The molecule has 0 heterocycles. The first-order valence-electron chi connectivity index (χ1n) is 8.30. The Morgan fingerprint density at radius 3 is 2.54 bits per heavy atom. The lowest BCUT2D eigenvalue weighted by Crippen LogP contribution is -2.34. The summed E-state index contributed by atoms with van der Waals surface area (Å²) in [5.74, 6) is -1.09. The zero-order chi connectivity index (χ0) is 16.9. The summed E-state index contributed by atoms with van der Waals surface area (Å²) in [4.78, 5) is 23.9. The molecule has 2 aromatic rings. The van der Waals surface area contributed by atoms with Crippen molar-refractivity contribution in [3.63, 3.8) is 0 Å². The van der Waals surface area contributed by atoms with Crippen molar-refractivity contribution in [1.29, 1.82) is 0 Å². The highest BCUT2D eigenvalue weighted by Crippen LogP contribution is 2.33. The Kier molecular flexibility index (Phi) is 4.94. The maximum atomic E-state index is 12.4. The number of amides is 1. The minimum Gasteiger partial charge on any atom is -0.479 e. The molecule has 4 nitrogen and oxygen atoms in total. The maximum Gasteiger partial charge on any atom is 0.330 e. The van der Waals surface area contributed by atoms with Gasteiger partial charge in [0, 0.05) is 6.42 Å². The molecule has 0 spiro atoms. The molecule has 124 valence electrons. The molecule has 0 fully saturated rings. The maximum absolute atomic E-state index is 12.4. The standard InChI is InChI=1S/C20H21NO3/c22-18(21-19(20(23)24)15-8-2-1-3-9-15)13-16-11-6-10-14-7-4-5-12-17(14)16/h1-5,7-9,12,16,19H,6,10-11,13H2,(H,21,22)(H,23,24)/t16?,19-/m1/s1. The van der Waals surface area contributed by atoms with Crippen LogP contribution >= 0.6 is 0 Å². The Hall–Kier alpha value is -2.62. The zero-order valence-electron chi connectivity index (χ0n) is 13.4. The number of carbonyl (C=O) groups excluding carboxylic acids is 1. The van der Waals surface area contributed by atoms with Crippen LogP contribution in [0.2, 0.25) is 0 Å². The molecule has 2 aromatic carbocycles. The van der Waals surface area contributed by atoms with Crippen LogP contribution in [0.5, 0.6) is 0 Å². The van der Waals surface area contributed by atoms with Crippen molar-refractivity contribution in [2.45, 2.75) is 37.6 Å². The first-order valence-corrected chi connectivity index (χ1v) is 8.30. The zero-order valence-corrected chi connectivity index (χ0v) is 13.4. The number of aliphatic carboxylic acids is 1. The van der Waals surface area contributed by atoms with E-state index < -0.39 is 12.0 Å². The number of aryl methyl sites for hydroxylation is 1. The largest absolute Gasteiger partial charge is 0.479 e. The number of hydrogen-bond donors (Lipinski definition) is 2. The monoisotopic (exact) mass is 323 g/mol. The molecule has 0 aliphatic heterocycles. The highest BCUT2D eigenvalue weighted by atomic mass is 16.4. The highest BCUT2D eigenvalue weighted by molar-refractivity contribution is 5.85. The minimum atomic E-state index is -1.04. The van der Waals surface area contributed by atoms with Gasteiger partial charge in [-0.15, -0.1) is 0 Å². The van der Waals surface area contributed by atoms with Crippen molar-refractivity contribution in [2.75, 3.05) is 0 Å². The van der Waals surface area contributed by atoms with Crippen molar-refractivity contribution in [2.24, 2.45) is 0 Å². The van der Waals surface area contributed by atoms with E-state index in [0.29, 0.717) is 12.0 Å². The number of fused-ring (bicyclic) bond motifs is 1. The first kappa shape index (κ1) is 16.2. The second-order valence-electron chi connectivity index (χ2n) is 6.24. The molecule has 2 atom stereocenters. The van der Waals surface area contributed by atoms with Gasteiger partial charge in [0.25, 0.3) is 0 Å². The number of carboxylic acid groups (broad SMARTS) is 1. The lowest BCUT2D eigenvalue weighted by molar-refractivity contribution is -0.142. The van der Waals surface area contributed by atoms with Gasteiger partial charge < -0.3 is 10.4 Å². The third-order valence-electron chi connectivity index (χ3n) is 4.61. The van der Waals surface area contributed by atoms with Gasteiger partial charge in [-0.1, -0.05) is 54.6 Å².